The third-order valence-corrected chi connectivity index (χ3v) is 5.28. The third-order valence-electron chi connectivity index (χ3n) is 5.28. The van der Waals surface area contributed by atoms with Crippen LogP contribution in [0.2, 0.25) is 0 Å². The molecule has 0 amide bonds. The predicted octanol–water partition coefficient (Wildman–Crippen LogP) is 3.74. The number of hydrogen-bond acceptors (Lipinski definition) is 4. The maximum absolute atomic E-state index is 12.7. The third kappa shape index (κ3) is 4.06. The van der Waals surface area contributed by atoms with E-state index < -0.39 is 0 Å². The zero-order valence-electron chi connectivity index (χ0n) is 15.7. The Morgan fingerprint density at radius 1 is 1.19 bits per heavy atom. The van der Waals surface area contributed by atoms with Crippen LogP contribution in [0.4, 0.5) is 0 Å². The Hall–Kier alpha value is -2.59. The van der Waals surface area contributed by atoms with Crippen LogP contribution in [0, 0.1) is 0 Å². The van der Waals surface area contributed by atoms with Crippen molar-refractivity contribution in [2.24, 2.45) is 0 Å². The Morgan fingerprint density at radius 2 is 2.07 bits per heavy atom. The van der Waals surface area contributed by atoms with Crippen molar-refractivity contribution in [2.75, 3.05) is 33.4 Å². The largest absolute Gasteiger partial charge is 0.493 e. The molecule has 0 saturated carbocycles. The quantitative estimate of drug-likeness (QED) is 0.759. The predicted molar refractivity (Wildman–Crippen MR) is 106 cm³/mol. The topological polar surface area (TPSA) is 38.8 Å². The molecule has 0 aromatic heterocycles. The standard InChI is InChI=1S/C23H25NO3/c1-24-12-8-18(9-13-24)20-4-2-3-5-21(20)23(25)27-14-10-17-6-7-22-19(16-17)11-15-26-22/h2-8,16H,9-15H2,1H3. The van der Waals surface area contributed by atoms with Gasteiger partial charge in [0.05, 0.1) is 18.8 Å². The molecule has 4 nitrogen and oxygen atoms in total. The van der Waals surface area contributed by atoms with Gasteiger partial charge in [-0.2, -0.15) is 0 Å². The molecule has 140 valence electrons. The molecule has 0 atom stereocenters. The van der Waals surface area contributed by atoms with Crippen LogP contribution in [0.3, 0.4) is 0 Å². The van der Waals surface area contributed by atoms with Crippen LogP contribution in [0.1, 0.15) is 33.5 Å². The average Bonchev–Trinajstić information content (AvgIpc) is 3.16. The Labute approximate surface area is 160 Å². The van der Waals surface area contributed by atoms with Crippen molar-refractivity contribution in [3.05, 3.63) is 70.8 Å². The summed E-state index contributed by atoms with van der Waals surface area (Å²) in [6.45, 7) is 3.07. The van der Waals surface area contributed by atoms with Crippen LogP contribution < -0.4 is 4.74 Å². The zero-order valence-corrected chi connectivity index (χ0v) is 15.7. The lowest BCUT2D eigenvalue weighted by Crippen LogP contribution is -2.24. The van der Waals surface area contributed by atoms with Gasteiger partial charge in [0.1, 0.15) is 5.75 Å². The van der Waals surface area contributed by atoms with Gasteiger partial charge in [-0.1, -0.05) is 36.4 Å². The van der Waals surface area contributed by atoms with Crippen LogP contribution >= 0.6 is 0 Å². The number of rotatable bonds is 5. The fourth-order valence-corrected chi connectivity index (χ4v) is 3.69. The highest BCUT2D eigenvalue weighted by Crippen LogP contribution is 2.27. The van der Waals surface area contributed by atoms with Crippen molar-refractivity contribution in [3.63, 3.8) is 0 Å². The minimum absolute atomic E-state index is 0.241. The molecule has 0 spiro atoms. The molecule has 0 radical (unpaired) electrons. The summed E-state index contributed by atoms with van der Waals surface area (Å²) in [5, 5.41) is 0. The lowest BCUT2D eigenvalue weighted by atomic mass is 9.95. The van der Waals surface area contributed by atoms with Crippen molar-refractivity contribution in [3.8, 4) is 5.75 Å². The first-order valence-corrected chi connectivity index (χ1v) is 9.59. The van der Waals surface area contributed by atoms with E-state index in [0.717, 1.165) is 43.9 Å². The van der Waals surface area contributed by atoms with Crippen LogP contribution in [0.15, 0.2) is 48.5 Å². The SMILES string of the molecule is CN1CC=C(c2ccccc2C(=O)OCCc2ccc3c(c2)CCO3)CC1. The van der Waals surface area contributed by atoms with Gasteiger partial charge in [0.15, 0.2) is 0 Å². The first kappa shape index (κ1) is 17.8. The van der Waals surface area contributed by atoms with Gasteiger partial charge in [-0.25, -0.2) is 4.79 Å². The molecule has 0 saturated heterocycles. The molecule has 2 aliphatic heterocycles. The number of likely N-dealkylation sites (N-methyl/N-ethyl adjacent to an activating group) is 1. The number of fused-ring (bicyclic) bond motifs is 1. The van der Waals surface area contributed by atoms with Crippen molar-refractivity contribution in [1.29, 1.82) is 0 Å². The summed E-state index contributed by atoms with van der Waals surface area (Å²) < 4.78 is 11.1. The number of nitrogens with zero attached hydrogens (tertiary/aromatic N) is 1. The Balaban J connectivity index is 1.40. The van der Waals surface area contributed by atoms with E-state index in [9.17, 15) is 4.79 Å². The minimum atomic E-state index is -0.241. The highest BCUT2D eigenvalue weighted by molar-refractivity contribution is 5.95. The lowest BCUT2D eigenvalue weighted by molar-refractivity contribution is 0.0509. The second-order valence-corrected chi connectivity index (χ2v) is 7.21. The minimum Gasteiger partial charge on any atom is -0.493 e. The summed E-state index contributed by atoms with van der Waals surface area (Å²) in [4.78, 5) is 14.9. The van der Waals surface area contributed by atoms with Gasteiger partial charge in [-0.15, -0.1) is 0 Å². The van der Waals surface area contributed by atoms with Crippen molar-refractivity contribution >= 4 is 11.5 Å². The van der Waals surface area contributed by atoms with Crippen molar-refractivity contribution in [2.45, 2.75) is 19.3 Å². The first-order chi connectivity index (χ1) is 13.2. The van der Waals surface area contributed by atoms with E-state index in [1.54, 1.807) is 0 Å². The van der Waals surface area contributed by atoms with Crippen molar-refractivity contribution in [1.82, 2.24) is 4.90 Å². The average molecular weight is 363 g/mol. The zero-order chi connectivity index (χ0) is 18.6. The maximum Gasteiger partial charge on any atom is 0.338 e. The van der Waals surface area contributed by atoms with E-state index in [1.807, 2.05) is 30.3 Å². The summed E-state index contributed by atoms with van der Waals surface area (Å²) in [5.41, 5.74) is 5.33. The van der Waals surface area contributed by atoms with Gasteiger partial charge < -0.3 is 14.4 Å². The lowest BCUT2D eigenvalue weighted by Gasteiger charge is -2.23. The second-order valence-electron chi connectivity index (χ2n) is 7.21. The molecule has 4 heteroatoms. The molecule has 0 aliphatic carbocycles. The van der Waals surface area contributed by atoms with Crippen LogP contribution in [-0.4, -0.2) is 44.2 Å². The molecule has 0 unspecified atom stereocenters. The van der Waals surface area contributed by atoms with E-state index in [4.69, 9.17) is 9.47 Å². The van der Waals surface area contributed by atoms with Gasteiger partial charge in [0.25, 0.3) is 0 Å². The number of carbonyl (C=O) groups is 1. The molecule has 0 fully saturated rings. The van der Waals surface area contributed by atoms with Crippen LogP contribution in [0.25, 0.3) is 5.57 Å². The highest BCUT2D eigenvalue weighted by Gasteiger charge is 2.18. The number of benzene rings is 2. The van der Waals surface area contributed by atoms with Gasteiger partial charge in [0.2, 0.25) is 0 Å². The molecule has 2 aliphatic rings. The molecule has 27 heavy (non-hydrogen) atoms. The van der Waals surface area contributed by atoms with Gasteiger partial charge >= 0.3 is 5.97 Å². The fraction of sp³-hybridized carbons (Fsp3) is 0.348. The summed E-state index contributed by atoms with van der Waals surface area (Å²) in [6.07, 6.45) is 4.84. The van der Waals surface area contributed by atoms with Crippen molar-refractivity contribution < 1.29 is 14.3 Å². The van der Waals surface area contributed by atoms with E-state index in [-0.39, 0.29) is 5.97 Å². The molecule has 2 aromatic rings. The number of hydrogen-bond donors (Lipinski definition) is 0. The van der Waals surface area contributed by atoms with E-state index in [2.05, 4.69) is 30.2 Å². The van der Waals surface area contributed by atoms with Crippen LogP contribution in [0.5, 0.6) is 5.75 Å². The summed E-state index contributed by atoms with van der Waals surface area (Å²) in [5.74, 6) is 0.742. The number of ether oxygens (including phenoxy) is 2. The molecule has 2 heterocycles. The summed E-state index contributed by atoms with van der Waals surface area (Å²) >= 11 is 0. The maximum atomic E-state index is 12.7. The highest BCUT2D eigenvalue weighted by atomic mass is 16.5. The first-order valence-electron chi connectivity index (χ1n) is 9.59. The molecule has 2 aromatic carbocycles. The van der Waals surface area contributed by atoms with Crippen LogP contribution in [-0.2, 0) is 17.6 Å². The molecule has 0 N–H and O–H groups in total. The normalized spacial score (nSPS) is 16.4. The Bertz CT molecular complexity index is 872. The van der Waals surface area contributed by atoms with Gasteiger partial charge in [-0.3, -0.25) is 0 Å². The second kappa shape index (κ2) is 7.97. The molecular formula is C23H25NO3. The molecule has 4 rings (SSSR count). The van der Waals surface area contributed by atoms with E-state index in [1.165, 1.54) is 16.7 Å². The number of esters is 1. The monoisotopic (exact) mass is 363 g/mol. The van der Waals surface area contributed by atoms with E-state index in [0.29, 0.717) is 18.6 Å². The van der Waals surface area contributed by atoms with Gasteiger partial charge in [-0.05, 0) is 47.9 Å². The fourth-order valence-electron chi connectivity index (χ4n) is 3.69. The molecular weight excluding hydrogens is 338 g/mol. The number of carbonyl (C=O) groups excluding carboxylic acids is 1. The smallest absolute Gasteiger partial charge is 0.338 e. The van der Waals surface area contributed by atoms with E-state index >= 15 is 0 Å². The summed E-state index contributed by atoms with van der Waals surface area (Å²) in [6, 6.07) is 14.0. The molecule has 0 bridgehead atoms. The Morgan fingerprint density at radius 3 is 2.93 bits per heavy atom. The Kier molecular flexibility index (Phi) is 5.26. The van der Waals surface area contributed by atoms with Gasteiger partial charge in [0, 0.05) is 25.9 Å². The summed E-state index contributed by atoms with van der Waals surface area (Å²) in [7, 11) is 2.11.